The summed E-state index contributed by atoms with van der Waals surface area (Å²) in [5, 5.41) is 3.78. The molecule has 1 N–H and O–H groups in total. The van der Waals surface area contributed by atoms with E-state index >= 15 is 0 Å². The van der Waals surface area contributed by atoms with Crippen LogP contribution in [0.5, 0.6) is 0 Å². The maximum atomic E-state index is 12.1. The number of aryl methyl sites for hydroxylation is 1. The standard InChI is InChI=1S/C15H18N4O3/c1-18-8-5-11-3-4-12(17-13(11)18)14(20)16-6-9-19-7-2-10-22-15(19)21/h3-5,8H,2,6-7,9-10H2,1H3,(H,16,20). The second-order valence-corrected chi connectivity index (χ2v) is 5.25. The second kappa shape index (κ2) is 6.05. The molecule has 2 amide bonds. The van der Waals surface area contributed by atoms with Crippen molar-refractivity contribution < 1.29 is 14.3 Å². The van der Waals surface area contributed by atoms with Gasteiger partial charge < -0.3 is 19.5 Å². The Balaban J connectivity index is 1.58. The first kappa shape index (κ1) is 14.4. The fourth-order valence-corrected chi connectivity index (χ4v) is 2.46. The van der Waals surface area contributed by atoms with Crippen LogP contribution in [0, 0.1) is 0 Å². The summed E-state index contributed by atoms with van der Waals surface area (Å²) in [7, 11) is 1.89. The number of hydrogen-bond acceptors (Lipinski definition) is 4. The summed E-state index contributed by atoms with van der Waals surface area (Å²) in [6, 6.07) is 5.53. The van der Waals surface area contributed by atoms with Crippen molar-refractivity contribution in [2.75, 3.05) is 26.2 Å². The average Bonchev–Trinajstić information content (AvgIpc) is 2.90. The minimum atomic E-state index is -0.316. The van der Waals surface area contributed by atoms with Crippen LogP contribution in [-0.2, 0) is 11.8 Å². The van der Waals surface area contributed by atoms with Gasteiger partial charge in [-0.25, -0.2) is 9.78 Å². The van der Waals surface area contributed by atoms with Crippen LogP contribution >= 0.6 is 0 Å². The van der Waals surface area contributed by atoms with Gasteiger partial charge in [0.05, 0.1) is 6.61 Å². The fourth-order valence-electron chi connectivity index (χ4n) is 2.46. The van der Waals surface area contributed by atoms with Crippen molar-refractivity contribution in [3.8, 4) is 0 Å². The Morgan fingerprint density at radius 2 is 2.27 bits per heavy atom. The molecule has 1 aliphatic heterocycles. The highest BCUT2D eigenvalue weighted by molar-refractivity contribution is 5.94. The average molecular weight is 302 g/mol. The van der Waals surface area contributed by atoms with E-state index < -0.39 is 0 Å². The predicted molar refractivity (Wildman–Crippen MR) is 80.6 cm³/mol. The van der Waals surface area contributed by atoms with Crippen LogP contribution in [-0.4, -0.2) is 52.7 Å². The molecule has 1 saturated heterocycles. The van der Waals surface area contributed by atoms with Gasteiger partial charge in [0.2, 0.25) is 0 Å². The lowest BCUT2D eigenvalue weighted by Gasteiger charge is -2.26. The van der Waals surface area contributed by atoms with Crippen LogP contribution in [0.4, 0.5) is 4.79 Å². The number of hydrogen-bond donors (Lipinski definition) is 1. The number of amides is 2. The second-order valence-electron chi connectivity index (χ2n) is 5.25. The molecule has 0 radical (unpaired) electrons. The smallest absolute Gasteiger partial charge is 0.409 e. The van der Waals surface area contributed by atoms with Crippen molar-refractivity contribution in [1.29, 1.82) is 0 Å². The van der Waals surface area contributed by atoms with Crippen molar-refractivity contribution in [1.82, 2.24) is 19.8 Å². The maximum Gasteiger partial charge on any atom is 0.409 e. The molecular formula is C15H18N4O3. The largest absolute Gasteiger partial charge is 0.449 e. The molecule has 2 aromatic rings. The van der Waals surface area contributed by atoms with Gasteiger partial charge in [-0.05, 0) is 24.6 Å². The minimum Gasteiger partial charge on any atom is -0.449 e. The number of carbonyl (C=O) groups excluding carboxylic acids is 2. The van der Waals surface area contributed by atoms with Crippen molar-refractivity contribution in [3.63, 3.8) is 0 Å². The van der Waals surface area contributed by atoms with E-state index in [0.29, 0.717) is 31.9 Å². The zero-order chi connectivity index (χ0) is 15.5. The summed E-state index contributed by atoms with van der Waals surface area (Å²) in [6.45, 7) is 1.96. The van der Waals surface area contributed by atoms with Crippen LogP contribution in [0.1, 0.15) is 16.9 Å². The van der Waals surface area contributed by atoms with Crippen molar-refractivity contribution in [2.45, 2.75) is 6.42 Å². The Morgan fingerprint density at radius 1 is 1.41 bits per heavy atom. The van der Waals surface area contributed by atoms with Gasteiger partial charge in [0.15, 0.2) is 0 Å². The summed E-state index contributed by atoms with van der Waals surface area (Å²) in [6.07, 6.45) is 2.41. The third-order valence-electron chi connectivity index (χ3n) is 3.67. The van der Waals surface area contributed by atoms with E-state index in [1.165, 1.54) is 0 Å². The van der Waals surface area contributed by atoms with E-state index in [1.54, 1.807) is 11.0 Å². The summed E-state index contributed by atoms with van der Waals surface area (Å²) in [5.41, 5.74) is 1.14. The van der Waals surface area contributed by atoms with Gasteiger partial charge in [-0.2, -0.15) is 0 Å². The molecule has 0 atom stereocenters. The molecule has 2 aromatic heterocycles. The Hall–Kier alpha value is -2.57. The van der Waals surface area contributed by atoms with Crippen LogP contribution in [0.15, 0.2) is 24.4 Å². The molecule has 116 valence electrons. The van der Waals surface area contributed by atoms with E-state index in [0.717, 1.165) is 17.5 Å². The molecule has 0 saturated carbocycles. The molecule has 3 rings (SSSR count). The molecule has 0 aromatic carbocycles. The number of ether oxygens (including phenoxy) is 1. The van der Waals surface area contributed by atoms with Crippen molar-refractivity contribution in [3.05, 3.63) is 30.1 Å². The number of fused-ring (bicyclic) bond motifs is 1. The number of nitrogens with one attached hydrogen (secondary N) is 1. The van der Waals surface area contributed by atoms with Crippen molar-refractivity contribution in [2.24, 2.45) is 7.05 Å². The lowest BCUT2D eigenvalue weighted by Crippen LogP contribution is -2.42. The maximum absolute atomic E-state index is 12.1. The number of cyclic esters (lactones) is 1. The first-order valence-electron chi connectivity index (χ1n) is 7.27. The number of nitrogens with zero attached hydrogens (tertiary/aromatic N) is 3. The molecule has 1 aliphatic rings. The van der Waals surface area contributed by atoms with E-state index in [1.807, 2.05) is 29.9 Å². The van der Waals surface area contributed by atoms with Gasteiger partial charge in [-0.1, -0.05) is 0 Å². The first-order chi connectivity index (χ1) is 10.6. The Kier molecular flexibility index (Phi) is 3.95. The SMILES string of the molecule is Cn1ccc2ccc(C(=O)NCCN3CCCOC3=O)nc21. The lowest BCUT2D eigenvalue weighted by atomic mass is 10.3. The van der Waals surface area contributed by atoms with Crippen LogP contribution < -0.4 is 5.32 Å². The third kappa shape index (κ3) is 2.88. The summed E-state index contributed by atoms with van der Waals surface area (Å²) >= 11 is 0. The summed E-state index contributed by atoms with van der Waals surface area (Å²) < 4.78 is 6.82. The third-order valence-corrected chi connectivity index (χ3v) is 3.67. The molecule has 1 fully saturated rings. The zero-order valence-electron chi connectivity index (χ0n) is 12.4. The monoisotopic (exact) mass is 302 g/mol. The molecule has 0 aliphatic carbocycles. The highest BCUT2D eigenvalue weighted by atomic mass is 16.6. The van der Waals surface area contributed by atoms with Crippen LogP contribution in [0.2, 0.25) is 0 Å². The van der Waals surface area contributed by atoms with E-state index in [2.05, 4.69) is 10.3 Å². The Bertz CT molecular complexity index is 710. The van der Waals surface area contributed by atoms with E-state index in [4.69, 9.17) is 4.74 Å². The minimum absolute atomic E-state index is 0.242. The molecule has 22 heavy (non-hydrogen) atoms. The number of aromatic nitrogens is 2. The van der Waals surface area contributed by atoms with Gasteiger partial charge in [-0.15, -0.1) is 0 Å². The van der Waals surface area contributed by atoms with E-state index in [-0.39, 0.29) is 12.0 Å². The van der Waals surface area contributed by atoms with Gasteiger partial charge in [0, 0.05) is 38.3 Å². The molecule has 0 bridgehead atoms. The quantitative estimate of drug-likeness (QED) is 0.919. The highest BCUT2D eigenvalue weighted by Gasteiger charge is 2.19. The van der Waals surface area contributed by atoms with Gasteiger partial charge >= 0.3 is 6.09 Å². The van der Waals surface area contributed by atoms with Crippen molar-refractivity contribution >= 4 is 23.0 Å². The van der Waals surface area contributed by atoms with Crippen LogP contribution in [0.3, 0.4) is 0 Å². The summed E-state index contributed by atoms with van der Waals surface area (Å²) in [5.74, 6) is -0.242. The fraction of sp³-hybridized carbons (Fsp3) is 0.400. The van der Waals surface area contributed by atoms with Gasteiger partial charge in [0.25, 0.3) is 5.91 Å². The molecule has 7 nitrogen and oxygen atoms in total. The molecule has 0 unspecified atom stereocenters. The molecule has 0 spiro atoms. The molecular weight excluding hydrogens is 284 g/mol. The van der Waals surface area contributed by atoms with E-state index in [9.17, 15) is 9.59 Å². The van der Waals surface area contributed by atoms with Gasteiger partial charge in [-0.3, -0.25) is 4.79 Å². The zero-order valence-corrected chi connectivity index (χ0v) is 12.4. The predicted octanol–water partition coefficient (Wildman–Crippen LogP) is 1.15. The molecule has 7 heteroatoms. The summed E-state index contributed by atoms with van der Waals surface area (Å²) in [4.78, 5) is 29.6. The number of pyridine rings is 1. The topological polar surface area (TPSA) is 76.5 Å². The van der Waals surface area contributed by atoms with Crippen LogP contribution in [0.25, 0.3) is 11.0 Å². The highest BCUT2D eigenvalue weighted by Crippen LogP contribution is 2.12. The Morgan fingerprint density at radius 3 is 3.09 bits per heavy atom. The number of carbonyl (C=O) groups is 2. The molecule has 3 heterocycles. The lowest BCUT2D eigenvalue weighted by molar-refractivity contribution is 0.0719. The number of rotatable bonds is 4. The normalized spacial score (nSPS) is 15.0. The Labute approximate surface area is 127 Å². The van der Waals surface area contributed by atoms with Gasteiger partial charge in [0.1, 0.15) is 11.3 Å². The first-order valence-corrected chi connectivity index (χ1v) is 7.27.